The van der Waals surface area contributed by atoms with Gasteiger partial charge in [0, 0.05) is 18.5 Å². The summed E-state index contributed by atoms with van der Waals surface area (Å²) in [7, 11) is 0. The van der Waals surface area contributed by atoms with E-state index in [0.29, 0.717) is 6.07 Å². The quantitative estimate of drug-likeness (QED) is 0.340. The predicted octanol–water partition coefficient (Wildman–Crippen LogP) is 5.29. The van der Waals surface area contributed by atoms with E-state index in [-0.39, 0.29) is 45.5 Å². The van der Waals surface area contributed by atoms with Crippen LogP contribution in [0.2, 0.25) is 5.15 Å². The molecule has 36 heavy (non-hydrogen) atoms. The molecule has 1 saturated heterocycles. The third-order valence-corrected chi connectivity index (χ3v) is 5.80. The van der Waals surface area contributed by atoms with Crippen molar-refractivity contribution in [2.45, 2.75) is 31.5 Å². The molecule has 1 aromatic carbocycles. The molecule has 0 spiro atoms. The largest absolute Gasteiger partial charge is 0.476 e. The molecule has 0 bridgehead atoms. The SMILES string of the molecule is C[C@@H](Nc1ccc(Cl)nc1C(=O)O)c1cc(C(F)(F)F)cc2nc(C#N)c(N3CCC(F)(F)C3)nc12. The molecule has 0 unspecified atom stereocenters. The van der Waals surface area contributed by atoms with Crippen LogP contribution in [-0.2, 0) is 6.18 Å². The number of nitrogens with zero attached hydrogens (tertiary/aromatic N) is 5. The number of alkyl halides is 5. The number of carbonyl (C=O) groups is 1. The standard InChI is InChI=1S/C22H16ClF5N6O2/c1-10(30-13-2-3-16(23)32-18(13)20(35)36)12-6-11(22(26,27)28)7-14-17(12)33-19(15(8-29)31-14)34-5-4-21(24,25)9-34/h2-3,6-7,10,30H,4-5,9H2,1H3,(H,35,36)/t10-/m1/s1. The van der Waals surface area contributed by atoms with Crippen LogP contribution in [0.5, 0.6) is 0 Å². The average molecular weight is 527 g/mol. The molecule has 1 fully saturated rings. The summed E-state index contributed by atoms with van der Waals surface area (Å²) < 4.78 is 68.6. The van der Waals surface area contributed by atoms with Gasteiger partial charge in [0.15, 0.2) is 17.2 Å². The van der Waals surface area contributed by atoms with E-state index in [0.717, 1.165) is 11.0 Å². The number of nitriles is 1. The van der Waals surface area contributed by atoms with Crippen LogP contribution >= 0.6 is 11.6 Å². The number of rotatable bonds is 5. The van der Waals surface area contributed by atoms with Crippen molar-refractivity contribution >= 4 is 40.1 Å². The molecule has 0 amide bonds. The van der Waals surface area contributed by atoms with E-state index in [4.69, 9.17) is 11.6 Å². The lowest BCUT2D eigenvalue weighted by atomic mass is 10.0. The van der Waals surface area contributed by atoms with Gasteiger partial charge in [0.25, 0.3) is 5.92 Å². The fourth-order valence-electron chi connectivity index (χ4n) is 3.91. The Labute approximate surface area is 205 Å². The maximum Gasteiger partial charge on any atom is 0.416 e. The van der Waals surface area contributed by atoms with E-state index in [1.165, 1.54) is 19.1 Å². The van der Waals surface area contributed by atoms with Crippen LogP contribution in [0.25, 0.3) is 11.0 Å². The first-order valence-electron chi connectivity index (χ1n) is 10.4. The highest BCUT2D eigenvalue weighted by atomic mass is 35.5. The maximum atomic E-state index is 13.8. The second-order valence-electron chi connectivity index (χ2n) is 8.17. The summed E-state index contributed by atoms with van der Waals surface area (Å²) in [6.45, 7) is 0.618. The van der Waals surface area contributed by atoms with Crippen molar-refractivity contribution in [3.8, 4) is 6.07 Å². The second-order valence-corrected chi connectivity index (χ2v) is 8.55. The molecule has 8 nitrogen and oxygen atoms in total. The van der Waals surface area contributed by atoms with Crippen molar-refractivity contribution in [2.24, 2.45) is 0 Å². The highest BCUT2D eigenvalue weighted by Crippen LogP contribution is 2.38. The van der Waals surface area contributed by atoms with Crippen LogP contribution in [0.1, 0.15) is 46.7 Å². The van der Waals surface area contributed by atoms with Crippen molar-refractivity contribution in [3.05, 3.63) is 51.9 Å². The third kappa shape index (κ3) is 4.94. The molecule has 1 aliphatic heterocycles. The Morgan fingerprint density at radius 3 is 2.58 bits per heavy atom. The number of hydrogen-bond acceptors (Lipinski definition) is 7. The molecule has 0 saturated carbocycles. The summed E-state index contributed by atoms with van der Waals surface area (Å²) >= 11 is 5.76. The van der Waals surface area contributed by atoms with Crippen LogP contribution in [0.4, 0.5) is 33.5 Å². The van der Waals surface area contributed by atoms with Gasteiger partial charge in [-0.15, -0.1) is 0 Å². The molecule has 3 aromatic rings. The van der Waals surface area contributed by atoms with Crippen molar-refractivity contribution in [3.63, 3.8) is 0 Å². The molecule has 2 aromatic heterocycles. The van der Waals surface area contributed by atoms with Gasteiger partial charge in [0.05, 0.1) is 34.9 Å². The van der Waals surface area contributed by atoms with Crippen LogP contribution in [0.15, 0.2) is 24.3 Å². The summed E-state index contributed by atoms with van der Waals surface area (Å²) in [5.74, 6) is -4.61. The summed E-state index contributed by atoms with van der Waals surface area (Å²) in [6.07, 6.45) is -5.25. The van der Waals surface area contributed by atoms with Gasteiger partial charge in [-0.3, -0.25) is 0 Å². The van der Waals surface area contributed by atoms with Gasteiger partial charge in [-0.05, 0) is 31.2 Å². The molecule has 1 atom stereocenters. The number of hydrogen-bond donors (Lipinski definition) is 2. The number of anilines is 2. The van der Waals surface area contributed by atoms with E-state index < -0.39 is 48.3 Å². The zero-order valence-electron chi connectivity index (χ0n) is 18.4. The minimum atomic E-state index is -4.78. The maximum absolute atomic E-state index is 13.8. The van der Waals surface area contributed by atoms with Crippen LogP contribution < -0.4 is 10.2 Å². The smallest absolute Gasteiger partial charge is 0.416 e. The summed E-state index contributed by atoms with van der Waals surface area (Å²) in [4.78, 5) is 24.8. The van der Waals surface area contributed by atoms with Gasteiger partial charge in [-0.25, -0.2) is 28.5 Å². The fraction of sp³-hybridized carbons (Fsp3) is 0.318. The third-order valence-electron chi connectivity index (χ3n) is 5.59. The lowest BCUT2D eigenvalue weighted by molar-refractivity contribution is -0.137. The molecule has 188 valence electrons. The van der Waals surface area contributed by atoms with E-state index in [9.17, 15) is 37.1 Å². The Bertz CT molecular complexity index is 1410. The molecule has 4 rings (SSSR count). The minimum absolute atomic E-state index is 0.0222. The average Bonchev–Trinajstić information content (AvgIpc) is 3.17. The van der Waals surface area contributed by atoms with Crippen LogP contribution in [0, 0.1) is 11.3 Å². The van der Waals surface area contributed by atoms with Gasteiger partial charge in [0.1, 0.15) is 11.2 Å². The van der Waals surface area contributed by atoms with E-state index in [1.54, 1.807) is 6.07 Å². The van der Waals surface area contributed by atoms with E-state index in [1.807, 2.05) is 0 Å². The molecule has 14 heteroatoms. The Morgan fingerprint density at radius 1 is 1.28 bits per heavy atom. The zero-order valence-corrected chi connectivity index (χ0v) is 19.1. The molecule has 0 aliphatic carbocycles. The molecular weight excluding hydrogens is 511 g/mol. The van der Waals surface area contributed by atoms with Gasteiger partial charge < -0.3 is 15.3 Å². The number of aromatic carboxylic acids is 1. The lowest BCUT2D eigenvalue weighted by Gasteiger charge is -2.22. The Morgan fingerprint density at radius 2 is 2.00 bits per heavy atom. The van der Waals surface area contributed by atoms with Gasteiger partial charge >= 0.3 is 12.1 Å². The van der Waals surface area contributed by atoms with Crippen molar-refractivity contribution in [1.82, 2.24) is 15.0 Å². The summed E-state index contributed by atoms with van der Waals surface area (Å²) in [5, 5.41) is 21.6. The number of fused-ring (bicyclic) bond motifs is 1. The second kappa shape index (κ2) is 9.02. The lowest BCUT2D eigenvalue weighted by Crippen LogP contribution is -2.27. The number of halogens is 6. The first-order valence-corrected chi connectivity index (χ1v) is 10.8. The number of carboxylic acids is 1. The number of pyridine rings is 1. The van der Waals surface area contributed by atoms with Gasteiger partial charge in [-0.2, -0.15) is 18.4 Å². The van der Waals surface area contributed by atoms with Gasteiger partial charge in [0.2, 0.25) is 0 Å². The highest BCUT2D eigenvalue weighted by Gasteiger charge is 2.40. The van der Waals surface area contributed by atoms with Crippen molar-refractivity contribution < 1.29 is 31.9 Å². The number of benzene rings is 1. The number of carboxylic acid groups (broad SMARTS) is 1. The molecule has 2 N–H and O–H groups in total. The van der Waals surface area contributed by atoms with Crippen LogP contribution in [0.3, 0.4) is 0 Å². The molecule has 3 heterocycles. The monoisotopic (exact) mass is 526 g/mol. The van der Waals surface area contributed by atoms with Crippen molar-refractivity contribution in [2.75, 3.05) is 23.3 Å². The van der Waals surface area contributed by atoms with E-state index in [2.05, 4.69) is 20.3 Å². The van der Waals surface area contributed by atoms with Crippen LogP contribution in [-0.4, -0.2) is 45.0 Å². The normalized spacial score (nSPS) is 16.1. The first kappa shape index (κ1) is 25.3. The summed E-state index contributed by atoms with van der Waals surface area (Å²) in [6, 6.07) is 4.88. The first-order chi connectivity index (χ1) is 16.8. The van der Waals surface area contributed by atoms with Crippen molar-refractivity contribution in [1.29, 1.82) is 5.26 Å². The fourth-order valence-corrected chi connectivity index (χ4v) is 4.06. The van der Waals surface area contributed by atoms with E-state index >= 15 is 0 Å². The Balaban J connectivity index is 1.88. The predicted molar refractivity (Wildman–Crippen MR) is 119 cm³/mol. The summed E-state index contributed by atoms with van der Waals surface area (Å²) in [5.41, 5.74) is -2.32. The molecule has 0 radical (unpaired) electrons. The minimum Gasteiger partial charge on any atom is -0.476 e. The highest BCUT2D eigenvalue weighted by molar-refractivity contribution is 6.29. The topological polar surface area (TPSA) is 115 Å². The zero-order chi connectivity index (χ0) is 26.4. The molecular formula is C22H16ClF5N6O2. The van der Waals surface area contributed by atoms with Gasteiger partial charge in [-0.1, -0.05) is 11.6 Å². The Hall–Kier alpha value is -3.79. The number of nitrogens with one attached hydrogen (secondary N) is 1. The Kier molecular flexibility index (Phi) is 6.34. The molecule has 1 aliphatic rings. The number of aromatic nitrogens is 3.